The molecule has 0 saturated heterocycles. The third-order valence-electron chi connectivity index (χ3n) is 11.6. The summed E-state index contributed by atoms with van der Waals surface area (Å²) in [6.07, 6.45) is 3.38. The van der Waals surface area contributed by atoms with E-state index in [0.717, 1.165) is 242 Å². The fourth-order valence-electron chi connectivity index (χ4n) is 7.69. The van der Waals surface area contributed by atoms with Gasteiger partial charge in [0.2, 0.25) is 0 Å². The molecule has 20 N–H and O–H groups in total. The maximum atomic E-state index is 6.61. The van der Waals surface area contributed by atoms with E-state index in [1.165, 1.54) is 0 Å². The van der Waals surface area contributed by atoms with E-state index in [1.807, 2.05) is 12.1 Å². The van der Waals surface area contributed by atoms with Crippen molar-refractivity contribution in [3.05, 3.63) is 0 Å². The third kappa shape index (κ3) is 43.2. The van der Waals surface area contributed by atoms with E-state index < -0.39 is 0 Å². The molecule has 0 aliphatic carbocycles. The number of nitrogens with zero attached hydrogens (tertiary/aromatic N) is 7. The number of hydrazine groups is 1. The Balaban J connectivity index is 5.28. The van der Waals surface area contributed by atoms with Crippen LogP contribution in [0.15, 0.2) is 0 Å². The van der Waals surface area contributed by atoms with Gasteiger partial charge in [-0.1, -0.05) is 13.8 Å². The highest BCUT2D eigenvalue weighted by molar-refractivity contribution is 4.71. The zero-order valence-electron chi connectivity index (χ0n) is 43.3. The topological polar surface area (TPSA) is 275 Å². The quantitative estimate of drug-likeness (QED) is 0.0117. The summed E-state index contributed by atoms with van der Waals surface area (Å²) >= 11 is 0. The Bertz CT molecular complexity index is 909. The first kappa shape index (κ1) is 65.2. The van der Waals surface area contributed by atoms with Gasteiger partial charge in [-0.25, -0.2) is 5.01 Å². The van der Waals surface area contributed by atoms with Gasteiger partial charge >= 0.3 is 0 Å². The van der Waals surface area contributed by atoms with Crippen LogP contribution in [0.3, 0.4) is 0 Å². The summed E-state index contributed by atoms with van der Waals surface area (Å²) in [4.78, 5) is 14.9. The van der Waals surface area contributed by atoms with Crippen molar-refractivity contribution in [3.63, 3.8) is 0 Å². The van der Waals surface area contributed by atoms with Crippen LogP contribution in [0.1, 0.15) is 33.1 Å². The van der Waals surface area contributed by atoms with Gasteiger partial charge in [-0.3, -0.25) is 30.3 Å². The molecule has 0 aromatic heterocycles. The highest BCUT2D eigenvalue weighted by Crippen LogP contribution is 1.96. The van der Waals surface area contributed by atoms with Crippen LogP contribution in [0.4, 0.5) is 0 Å². The fourth-order valence-corrected chi connectivity index (χ4v) is 7.69. The molecule has 21 heteroatoms. The first-order chi connectivity index (χ1) is 32.4. The minimum Gasteiger partial charge on any atom is -0.329 e. The lowest BCUT2D eigenvalue weighted by atomic mass is 10.3. The normalized spacial score (nSPS) is 12.4. The summed E-state index contributed by atoms with van der Waals surface area (Å²) in [6, 6.07) is 0. The molecule has 66 heavy (non-hydrogen) atoms. The second-order valence-electron chi connectivity index (χ2n) is 17.4. The molecule has 0 heterocycles. The molecule has 0 aromatic rings. The Morgan fingerprint density at radius 1 is 0.288 bits per heavy atom. The van der Waals surface area contributed by atoms with E-state index in [-0.39, 0.29) is 0 Å². The van der Waals surface area contributed by atoms with Crippen molar-refractivity contribution < 1.29 is 0 Å². The molecule has 0 amide bonds. The van der Waals surface area contributed by atoms with Gasteiger partial charge in [0, 0.05) is 229 Å². The van der Waals surface area contributed by atoms with Crippen molar-refractivity contribution in [2.45, 2.75) is 33.1 Å². The van der Waals surface area contributed by atoms with E-state index in [0.29, 0.717) is 32.7 Å². The minimum absolute atomic E-state index is 0.652. The Kier molecular flexibility index (Phi) is 51.3. The molecule has 0 aliphatic rings. The van der Waals surface area contributed by atoms with Gasteiger partial charge in [0.15, 0.2) is 0 Å². The largest absolute Gasteiger partial charge is 0.329 e. The molecule has 0 aliphatic heterocycles. The summed E-state index contributed by atoms with van der Waals surface area (Å²) in [6.45, 7) is 40.4. The fraction of sp³-hybridized carbons (Fsp3) is 1.00. The zero-order chi connectivity index (χ0) is 48.4. The average molecular weight is 949 g/mol. The van der Waals surface area contributed by atoms with Gasteiger partial charge in [0.25, 0.3) is 0 Å². The molecule has 398 valence electrons. The minimum atomic E-state index is 0.652. The van der Waals surface area contributed by atoms with E-state index >= 15 is 0 Å². The van der Waals surface area contributed by atoms with Crippen molar-refractivity contribution in [2.24, 2.45) is 34.5 Å². The number of likely N-dealkylation sites (N-methyl/N-ethyl adjacent to an activating group) is 1. The standard InChI is InChI=1S/C45H113N21/c1-4-12-53-17-35-63(36-18-54-14-7-46)37-24-58-25-40-64(39-23-57-21-33-61(28-8-47)29-9-48)38-22-56-20-32-60(27-6-13-59-45-65(26-5-2)31-11-50)41-43-66(51)44-42-62(30-10-49)34-19-55-16-15-52-3/h52-59H,4-51H2,1-3H3. The highest BCUT2D eigenvalue weighted by atomic mass is 15.4. The van der Waals surface area contributed by atoms with Crippen molar-refractivity contribution in [1.82, 2.24) is 76.9 Å². The van der Waals surface area contributed by atoms with Crippen LogP contribution in [0.2, 0.25) is 0 Å². The van der Waals surface area contributed by atoms with Gasteiger partial charge in [0.1, 0.15) is 0 Å². The highest BCUT2D eigenvalue weighted by Gasteiger charge is 2.12. The predicted molar refractivity (Wildman–Crippen MR) is 284 cm³/mol. The maximum Gasteiger partial charge on any atom is 0.0480 e. The molecule has 0 radical (unpaired) electrons. The first-order valence-electron chi connectivity index (χ1n) is 26.3. The van der Waals surface area contributed by atoms with Crippen molar-refractivity contribution in [1.29, 1.82) is 0 Å². The predicted octanol–water partition coefficient (Wildman–Crippen LogP) is -5.72. The summed E-state index contributed by atoms with van der Waals surface area (Å²) in [7, 11) is 1.98. The van der Waals surface area contributed by atoms with Crippen LogP contribution >= 0.6 is 0 Å². The number of rotatable bonds is 56. The lowest BCUT2D eigenvalue weighted by Gasteiger charge is -2.28. The van der Waals surface area contributed by atoms with Crippen LogP contribution in [-0.4, -0.2) is 297 Å². The Labute approximate surface area is 406 Å². The summed E-state index contributed by atoms with van der Waals surface area (Å²) in [5.41, 5.74) is 29.2. The molecule has 0 bridgehead atoms. The monoisotopic (exact) mass is 948 g/mol. The SMILES string of the molecule is CCCNCCN(CCNCCN)CCNCCN(CCNCCN(CCN)CCN)CCNCCN(CCCNCN(CCC)CCN)CCN(N)CCN(CCN)CCNCCNC. The summed E-state index contributed by atoms with van der Waals surface area (Å²) < 4.78 is 0. The Morgan fingerprint density at radius 3 is 1.05 bits per heavy atom. The second kappa shape index (κ2) is 52.0. The summed E-state index contributed by atoms with van der Waals surface area (Å²) in [5, 5.41) is 30.6. The van der Waals surface area contributed by atoms with Crippen molar-refractivity contribution in [3.8, 4) is 0 Å². The lowest BCUT2D eigenvalue weighted by Crippen LogP contribution is -2.47. The van der Waals surface area contributed by atoms with Crippen LogP contribution in [0, 0.1) is 0 Å². The number of hydrogen-bond donors (Lipinski definition) is 14. The number of hydrogen-bond acceptors (Lipinski definition) is 21. The Hall–Kier alpha value is -0.840. The van der Waals surface area contributed by atoms with Gasteiger partial charge in [-0.05, 0) is 52.5 Å². The summed E-state index contributed by atoms with van der Waals surface area (Å²) in [5.74, 6) is 6.61. The molecule has 0 spiro atoms. The Morgan fingerprint density at radius 2 is 0.652 bits per heavy atom. The average Bonchev–Trinajstić information content (AvgIpc) is 3.31. The van der Waals surface area contributed by atoms with Crippen molar-refractivity contribution >= 4 is 0 Å². The van der Waals surface area contributed by atoms with Gasteiger partial charge in [-0.15, -0.1) is 0 Å². The van der Waals surface area contributed by atoms with Gasteiger partial charge in [0.05, 0.1) is 0 Å². The molecular formula is C45H113N21. The molecule has 0 unspecified atom stereocenters. The van der Waals surface area contributed by atoms with Crippen molar-refractivity contribution in [2.75, 3.05) is 262 Å². The zero-order valence-corrected chi connectivity index (χ0v) is 43.3. The van der Waals surface area contributed by atoms with Crippen LogP contribution in [0.25, 0.3) is 0 Å². The molecule has 0 rings (SSSR count). The lowest BCUT2D eigenvalue weighted by molar-refractivity contribution is 0.176. The molecular weight excluding hydrogens is 835 g/mol. The first-order valence-corrected chi connectivity index (χ1v) is 26.3. The molecule has 21 nitrogen and oxygen atoms in total. The smallest absolute Gasteiger partial charge is 0.0480 e. The van der Waals surface area contributed by atoms with Crippen LogP contribution in [-0.2, 0) is 0 Å². The van der Waals surface area contributed by atoms with Gasteiger partial charge in [-0.2, -0.15) is 0 Å². The van der Waals surface area contributed by atoms with Gasteiger partial charge < -0.3 is 76.1 Å². The van der Waals surface area contributed by atoms with Crippen LogP contribution in [0.5, 0.6) is 0 Å². The second-order valence-corrected chi connectivity index (χ2v) is 17.4. The number of nitrogens with two attached hydrogens (primary N) is 6. The van der Waals surface area contributed by atoms with E-state index in [4.69, 9.17) is 34.5 Å². The van der Waals surface area contributed by atoms with E-state index in [9.17, 15) is 0 Å². The molecule has 0 aromatic carbocycles. The number of nitrogens with one attached hydrogen (secondary N) is 8. The maximum absolute atomic E-state index is 6.61. The third-order valence-corrected chi connectivity index (χ3v) is 11.6. The van der Waals surface area contributed by atoms with Crippen LogP contribution < -0.4 is 77.0 Å². The van der Waals surface area contributed by atoms with E-state index in [2.05, 4.69) is 85.8 Å². The molecule has 0 atom stereocenters. The van der Waals surface area contributed by atoms with E-state index in [1.54, 1.807) is 0 Å². The molecule has 0 saturated carbocycles. The molecule has 0 fully saturated rings.